The van der Waals surface area contributed by atoms with E-state index in [2.05, 4.69) is 10.2 Å². The molecule has 0 spiro atoms. The van der Waals surface area contributed by atoms with Crippen LogP contribution in [0.25, 0.3) is 0 Å². The zero-order chi connectivity index (χ0) is 10.4. The van der Waals surface area contributed by atoms with E-state index in [-0.39, 0.29) is 5.91 Å². The lowest BCUT2D eigenvalue weighted by molar-refractivity contribution is -0.122. The molecule has 0 aliphatic carbocycles. The first kappa shape index (κ1) is 11.4. The molecule has 1 fully saturated rings. The molecule has 1 amide bonds. The van der Waals surface area contributed by atoms with Crippen molar-refractivity contribution in [2.45, 2.75) is 13.0 Å². The van der Waals surface area contributed by atoms with Gasteiger partial charge in [-0.25, -0.2) is 0 Å². The zero-order valence-electron chi connectivity index (χ0n) is 8.66. The first-order valence-electron chi connectivity index (χ1n) is 5.07. The van der Waals surface area contributed by atoms with Gasteiger partial charge in [0.25, 0.3) is 0 Å². The van der Waals surface area contributed by atoms with Crippen molar-refractivity contribution >= 4 is 5.91 Å². The van der Waals surface area contributed by atoms with E-state index in [1.165, 1.54) is 0 Å². The fraction of sp³-hybridized carbons (Fsp3) is 0.889. The molecule has 1 aliphatic rings. The largest absolute Gasteiger partial charge is 0.379 e. The molecule has 0 unspecified atom stereocenters. The number of hydrogen-bond donors (Lipinski definition) is 2. The number of ether oxygens (including phenoxy) is 1. The molecule has 5 nitrogen and oxygen atoms in total. The van der Waals surface area contributed by atoms with Crippen molar-refractivity contribution < 1.29 is 9.53 Å². The highest BCUT2D eigenvalue weighted by molar-refractivity contribution is 5.81. The molecule has 0 bridgehead atoms. The van der Waals surface area contributed by atoms with E-state index in [0.717, 1.165) is 26.3 Å². The van der Waals surface area contributed by atoms with Crippen LogP contribution < -0.4 is 11.1 Å². The monoisotopic (exact) mass is 201 g/mol. The number of morpholine rings is 1. The molecule has 1 heterocycles. The Morgan fingerprint density at radius 3 is 2.79 bits per heavy atom. The van der Waals surface area contributed by atoms with E-state index in [9.17, 15) is 4.79 Å². The number of carbonyl (C=O) groups excluding carboxylic acids is 1. The van der Waals surface area contributed by atoms with E-state index in [0.29, 0.717) is 13.1 Å². The highest BCUT2D eigenvalue weighted by atomic mass is 16.5. The molecular weight excluding hydrogens is 182 g/mol. The standard InChI is InChI=1S/C9H19N3O2/c1-2-11-9(13)8(10)7-12-3-5-14-6-4-12/h8H,2-7,10H2,1H3,(H,11,13)/t8-/m0/s1. The van der Waals surface area contributed by atoms with E-state index in [1.54, 1.807) is 0 Å². The Morgan fingerprint density at radius 2 is 2.21 bits per heavy atom. The van der Waals surface area contributed by atoms with Gasteiger partial charge in [0, 0.05) is 26.2 Å². The summed E-state index contributed by atoms with van der Waals surface area (Å²) in [5, 5.41) is 2.71. The summed E-state index contributed by atoms with van der Waals surface area (Å²) >= 11 is 0. The second kappa shape index (κ2) is 5.95. The Labute approximate surface area is 84.6 Å². The van der Waals surface area contributed by atoms with Crippen molar-refractivity contribution in [2.24, 2.45) is 5.73 Å². The van der Waals surface area contributed by atoms with Crippen molar-refractivity contribution in [3.8, 4) is 0 Å². The normalized spacial score (nSPS) is 20.4. The molecule has 1 rings (SSSR count). The summed E-state index contributed by atoms with van der Waals surface area (Å²) < 4.78 is 5.21. The van der Waals surface area contributed by atoms with Gasteiger partial charge in [-0.05, 0) is 6.92 Å². The third-order valence-electron chi connectivity index (χ3n) is 2.25. The second-order valence-corrected chi connectivity index (χ2v) is 3.41. The molecule has 0 aromatic carbocycles. The molecule has 14 heavy (non-hydrogen) atoms. The number of hydrogen-bond acceptors (Lipinski definition) is 4. The number of nitrogens with one attached hydrogen (secondary N) is 1. The molecule has 82 valence electrons. The van der Waals surface area contributed by atoms with Crippen LogP contribution >= 0.6 is 0 Å². The molecule has 1 atom stereocenters. The maximum Gasteiger partial charge on any atom is 0.238 e. The van der Waals surface area contributed by atoms with Crippen LogP contribution in [0.2, 0.25) is 0 Å². The highest BCUT2D eigenvalue weighted by Crippen LogP contribution is 1.97. The lowest BCUT2D eigenvalue weighted by Crippen LogP contribution is -2.50. The maximum atomic E-state index is 11.3. The summed E-state index contributed by atoms with van der Waals surface area (Å²) in [5.74, 6) is -0.0704. The van der Waals surface area contributed by atoms with Gasteiger partial charge in [-0.15, -0.1) is 0 Å². The first-order chi connectivity index (χ1) is 6.74. The van der Waals surface area contributed by atoms with Gasteiger partial charge < -0.3 is 15.8 Å². The van der Waals surface area contributed by atoms with E-state index in [1.807, 2.05) is 6.92 Å². The van der Waals surface area contributed by atoms with Gasteiger partial charge in [0.2, 0.25) is 5.91 Å². The van der Waals surface area contributed by atoms with Crippen LogP contribution in [0.1, 0.15) is 6.92 Å². The number of amides is 1. The fourth-order valence-corrected chi connectivity index (χ4v) is 1.45. The molecule has 1 aliphatic heterocycles. The summed E-state index contributed by atoms with van der Waals surface area (Å²) in [5.41, 5.74) is 5.74. The minimum absolute atomic E-state index is 0.0704. The van der Waals surface area contributed by atoms with E-state index >= 15 is 0 Å². The van der Waals surface area contributed by atoms with Crippen molar-refractivity contribution in [3.05, 3.63) is 0 Å². The summed E-state index contributed by atoms with van der Waals surface area (Å²) in [6.07, 6.45) is 0. The van der Waals surface area contributed by atoms with Gasteiger partial charge in [0.1, 0.15) is 0 Å². The van der Waals surface area contributed by atoms with E-state index < -0.39 is 6.04 Å². The summed E-state index contributed by atoms with van der Waals surface area (Å²) in [7, 11) is 0. The Kier molecular flexibility index (Phi) is 4.86. The van der Waals surface area contributed by atoms with E-state index in [4.69, 9.17) is 10.5 Å². The molecule has 5 heteroatoms. The van der Waals surface area contributed by atoms with Crippen LogP contribution in [0.5, 0.6) is 0 Å². The van der Waals surface area contributed by atoms with Crippen molar-refractivity contribution in [3.63, 3.8) is 0 Å². The van der Waals surface area contributed by atoms with Crippen molar-refractivity contribution in [1.82, 2.24) is 10.2 Å². The molecule has 0 radical (unpaired) electrons. The summed E-state index contributed by atoms with van der Waals surface area (Å²) in [4.78, 5) is 13.5. The van der Waals surface area contributed by atoms with Crippen LogP contribution in [0, 0.1) is 0 Å². The van der Waals surface area contributed by atoms with Gasteiger partial charge in [-0.3, -0.25) is 9.69 Å². The van der Waals surface area contributed by atoms with Crippen LogP contribution in [-0.2, 0) is 9.53 Å². The SMILES string of the molecule is CCNC(=O)[C@@H](N)CN1CCOCC1. The first-order valence-corrected chi connectivity index (χ1v) is 5.07. The van der Waals surface area contributed by atoms with Crippen LogP contribution in [0.3, 0.4) is 0 Å². The topological polar surface area (TPSA) is 67.6 Å². The average molecular weight is 201 g/mol. The highest BCUT2D eigenvalue weighted by Gasteiger charge is 2.18. The Morgan fingerprint density at radius 1 is 1.57 bits per heavy atom. The van der Waals surface area contributed by atoms with Gasteiger partial charge in [0.15, 0.2) is 0 Å². The lowest BCUT2D eigenvalue weighted by atomic mass is 10.2. The predicted molar refractivity (Wildman–Crippen MR) is 53.9 cm³/mol. The number of rotatable bonds is 4. The molecule has 0 aromatic rings. The quantitative estimate of drug-likeness (QED) is 0.598. The Hall–Kier alpha value is -0.650. The number of carbonyl (C=O) groups is 1. The number of nitrogens with zero attached hydrogens (tertiary/aromatic N) is 1. The van der Waals surface area contributed by atoms with Crippen molar-refractivity contribution in [2.75, 3.05) is 39.4 Å². The minimum Gasteiger partial charge on any atom is -0.379 e. The zero-order valence-corrected chi connectivity index (χ0v) is 8.66. The number of likely N-dealkylation sites (N-methyl/N-ethyl adjacent to an activating group) is 1. The van der Waals surface area contributed by atoms with Crippen LogP contribution in [0.4, 0.5) is 0 Å². The molecular formula is C9H19N3O2. The van der Waals surface area contributed by atoms with Gasteiger partial charge in [-0.2, -0.15) is 0 Å². The van der Waals surface area contributed by atoms with Crippen LogP contribution in [-0.4, -0.2) is 56.2 Å². The Bertz CT molecular complexity index is 181. The Balaban J connectivity index is 2.24. The predicted octanol–water partition coefficient (Wildman–Crippen LogP) is -1.22. The molecule has 0 aromatic heterocycles. The maximum absolute atomic E-state index is 11.3. The average Bonchev–Trinajstić information content (AvgIpc) is 2.19. The minimum atomic E-state index is -0.423. The third kappa shape index (κ3) is 3.61. The van der Waals surface area contributed by atoms with Gasteiger partial charge in [-0.1, -0.05) is 0 Å². The van der Waals surface area contributed by atoms with Crippen LogP contribution in [0.15, 0.2) is 0 Å². The fourth-order valence-electron chi connectivity index (χ4n) is 1.45. The smallest absolute Gasteiger partial charge is 0.238 e. The summed E-state index contributed by atoms with van der Waals surface area (Å²) in [6.45, 7) is 6.36. The second-order valence-electron chi connectivity index (χ2n) is 3.41. The molecule has 3 N–H and O–H groups in total. The van der Waals surface area contributed by atoms with Gasteiger partial charge >= 0.3 is 0 Å². The van der Waals surface area contributed by atoms with Gasteiger partial charge in [0.05, 0.1) is 19.3 Å². The number of nitrogens with two attached hydrogens (primary N) is 1. The lowest BCUT2D eigenvalue weighted by Gasteiger charge is -2.28. The molecule has 0 saturated carbocycles. The molecule has 1 saturated heterocycles. The third-order valence-corrected chi connectivity index (χ3v) is 2.25. The summed E-state index contributed by atoms with van der Waals surface area (Å²) in [6, 6.07) is -0.423. The van der Waals surface area contributed by atoms with Crippen molar-refractivity contribution in [1.29, 1.82) is 0 Å².